The van der Waals surface area contributed by atoms with Crippen LogP contribution < -0.4 is 0 Å². The van der Waals surface area contributed by atoms with Crippen LogP contribution in [0, 0.1) is 6.92 Å². The van der Waals surface area contributed by atoms with Crippen molar-refractivity contribution in [3.63, 3.8) is 0 Å². The molecule has 0 amide bonds. The van der Waals surface area contributed by atoms with Gasteiger partial charge < -0.3 is 0 Å². The third-order valence-corrected chi connectivity index (χ3v) is 9.45. The predicted molar refractivity (Wildman–Crippen MR) is 92.7 cm³/mol. The summed E-state index contributed by atoms with van der Waals surface area (Å²) in [5.41, 5.74) is 0.707. The Balaban J connectivity index is 1.72. The molecule has 2 fully saturated rings. The molecule has 0 unspecified atom stereocenters. The zero-order valence-corrected chi connectivity index (χ0v) is 15.5. The third-order valence-electron chi connectivity index (χ3n) is 4.99. The lowest BCUT2D eigenvalue weighted by atomic mass is 10.2. The zero-order valence-electron chi connectivity index (χ0n) is 13.9. The fourth-order valence-electron chi connectivity index (χ4n) is 3.55. The van der Waals surface area contributed by atoms with Crippen molar-refractivity contribution in [2.24, 2.45) is 0 Å². The highest BCUT2D eigenvalue weighted by Gasteiger charge is 2.38. The smallest absolute Gasteiger partial charge is 0.212 e. The third kappa shape index (κ3) is 3.24. The summed E-state index contributed by atoms with van der Waals surface area (Å²) in [5, 5.41) is -0.281. The van der Waals surface area contributed by atoms with Gasteiger partial charge in [-0.15, -0.1) is 0 Å². The topological polar surface area (TPSA) is 74.8 Å². The zero-order chi connectivity index (χ0) is 17.4. The molecule has 24 heavy (non-hydrogen) atoms. The maximum Gasteiger partial charge on any atom is 0.243 e. The van der Waals surface area contributed by atoms with Gasteiger partial charge in [0, 0.05) is 26.2 Å². The number of aryl methyl sites for hydroxylation is 1. The summed E-state index contributed by atoms with van der Waals surface area (Å²) in [7, 11) is -6.86. The lowest BCUT2D eigenvalue weighted by molar-refractivity contribution is 0.270. The van der Waals surface area contributed by atoms with Crippen molar-refractivity contribution >= 4 is 20.0 Å². The van der Waals surface area contributed by atoms with E-state index < -0.39 is 20.0 Å². The Bertz CT molecular complexity index is 791. The maximum atomic E-state index is 12.8. The molecule has 6 nitrogen and oxygen atoms in total. The van der Waals surface area contributed by atoms with Gasteiger partial charge in [-0.25, -0.2) is 16.8 Å². The second-order valence-corrected chi connectivity index (χ2v) is 10.6. The van der Waals surface area contributed by atoms with Gasteiger partial charge in [0.1, 0.15) is 0 Å². The highest BCUT2D eigenvalue weighted by Crippen LogP contribution is 2.28. The summed E-state index contributed by atoms with van der Waals surface area (Å²) in [6.45, 7) is 2.67. The Morgan fingerprint density at radius 3 is 2.00 bits per heavy atom. The van der Waals surface area contributed by atoms with E-state index in [0.717, 1.165) is 25.7 Å². The van der Waals surface area contributed by atoms with Gasteiger partial charge in [0.05, 0.1) is 10.1 Å². The molecule has 134 valence electrons. The highest BCUT2D eigenvalue weighted by molar-refractivity contribution is 7.90. The highest BCUT2D eigenvalue weighted by atomic mass is 32.2. The molecule has 3 rings (SSSR count). The predicted octanol–water partition coefficient (Wildman–Crippen LogP) is 1.57. The summed E-state index contributed by atoms with van der Waals surface area (Å²) in [6, 6.07) is 6.89. The lowest BCUT2D eigenvalue weighted by Crippen LogP contribution is -2.52. The van der Waals surface area contributed by atoms with Crippen LogP contribution in [0.4, 0.5) is 0 Å². The van der Waals surface area contributed by atoms with Crippen molar-refractivity contribution in [2.45, 2.75) is 42.8 Å². The summed E-state index contributed by atoms with van der Waals surface area (Å²) in [6.07, 6.45) is 3.38. The minimum Gasteiger partial charge on any atom is -0.212 e. The summed E-state index contributed by atoms with van der Waals surface area (Å²) < 4.78 is 53.7. The molecular formula is C16H24N2O4S2. The number of hydrogen-bond donors (Lipinski definition) is 0. The Labute approximate surface area is 144 Å². The number of rotatable bonds is 4. The van der Waals surface area contributed by atoms with Gasteiger partial charge in [-0.3, -0.25) is 0 Å². The van der Waals surface area contributed by atoms with Gasteiger partial charge in [-0.05, 0) is 31.4 Å². The molecule has 1 saturated carbocycles. The van der Waals surface area contributed by atoms with Crippen LogP contribution in [0.1, 0.15) is 31.2 Å². The van der Waals surface area contributed by atoms with Crippen molar-refractivity contribution in [1.82, 2.24) is 8.61 Å². The summed E-state index contributed by atoms with van der Waals surface area (Å²) >= 11 is 0. The van der Waals surface area contributed by atoms with E-state index in [4.69, 9.17) is 0 Å². The maximum absolute atomic E-state index is 12.8. The number of piperazine rings is 1. The van der Waals surface area contributed by atoms with Crippen molar-refractivity contribution < 1.29 is 16.8 Å². The lowest BCUT2D eigenvalue weighted by Gasteiger charge is -2.34. The van der Waals surface area contributed by atoms with Gasteiger partial charge in [0.15, 0.2) is 0 Å². The van der Waals surface area contributed by atoms with Crippen LogP contribution in [0.25, 0.3) is 0 Å². The molecule has 0 aromatic heterocycles. The number of sulfonamides is 2. The first-order valence-electron chi connectivity index (χ1n) is 8.38. The fraction of sp³-hybridized carbons (Fsp3) is 0.625. The van der Waals surface area contributed by atoms with E-state index in [9.17, 15) is 16.8 Å². The molecule has 1 saturated heterocycles. The minimum absolute atomic E-state index is 0.211. The molecule has 2 aliphatic rings. The first-order valence-corrected chi connectivity index (χ1v) is 11.3. The van der Waals surface area contributed by atoms with Gasteiger partial charge >= 0.3 is 0 Å². The molecule has 1 heterocycles. The molecule has 0 bridgehead atoms. The molecule has 1 aliphatic carbocycles. The Kier molecular flexibility index (Phi) is 5.01. The quantitative estimate of drug-likeness (QED) is 0.804. The van der Waals surface area contributed by atoms with Crippen LogP contribution in [0.2, 0.25) is 0 Å². The molecule has 0 spiro atoms. The van der Waals surface area contributed by atoms with E-state index in [2.05, 4.69) is 0 Å². The van der Waals surface area contributed by atoms with Crippen LogP contribution >= 0.6 is 0 Å². The fourth-order valence-corrected chi connectivity index (χ4v) is 7.22. The van der Waals surface area contributed by atoms with E-state index in [0.29, 0.717) is 10.5 Å². The number of benzene rings is 1. The van der Waals surface area contributed by atoms with Crippen LogP contribution in [-0.4, -0.2) is 56.9 Å². The van der Waals surface area contributed by atoms with Crippen LogP contribution in [0.3, 0.4) is 0 Å². The van der Waals surface area contributed by atoms with Crippen LogP contribution in [0.15, 0.2) is 29.2 Å². The Morgan fingerprint density at radius 2 is 1.42 bits per heavy atom. The van der Waals surface area contributed by atoms with Crippen molar-refractivity contribution in [3.05, 3.63) is 29.8 Å². The Morgan fingerprint density at radius 1 is 0.875 bits per heavy atom. The monoisotopic (exact) mass is 372 g/mol. The molecule has 0 atom stereocenters. The van der Waals surface area contributed by atoms with E-state index in [1.807, 2.05) is 0 Å². The molecule has 0 radical (unpaired) electrons. The molecule has 8 heteroatoms. The molecular weight excluding hydrogens is 348 g/mol. The van der Waals surface area contributed by atoms with Crippen molar-refractivity contribution in [3.8, 4) is 0 Å². The molecule has 1 aromatic rings. The average Bonchev–Trinajstić information content (AvgIpc) is 3.10. The Hall–Kier alpha value is -0.960. The van der Waals surface area contributed by atoms with Crippen LogP contribution in [0.5, 0.6) is 0 Å². The van der Waals surface area contributed by atoms with Gasteiger partial charge in [-0.2, -0.15) is 8.61 Å². The van der Waals surface area contributed by atoms with E-state index in [-0.39, 0.29) is 31.4 Å². The van der Waals surface area contributed by atoms with E-state index in [1.165, 1.54) is 8.61 Å². The standard InChI is InChI=1S/C16H24N2O4S2/c1-14-6-2-5-9-16(14)24(21,22)18-12-10-17(11-13-18)23(19,20)15-7-3-4-8-15/h2,5-6,9,15H,3-4,7-8,10-13H2,1H3. The molecule has 0 N–H and O–H groups in total. The first-order chi connectivity index (χ1) is 11.3. The van der Waals surface area contributed by atoms with Gasteiger partial charge in [0.2, 0.25) is 20.0 Å². The van der Waals surface area contributed by atoms with Crippen molar-refractivity contribution in [1.29, 1.82) is 0 Å². The second-order valence-electron chi connectivity index (χ2n) is 6.52. The number of hydrogen-bond acceptors (Lipinski definition) is 4. The molecule has 1 aromatic carbocycles. The normalized spacial score (nSPS) is 22.0. The second kappa shape index (κ2) is 6.74. The van der Waals surface area contributed by atoms with Crippen molar-refractivity contribution in [2.75, 3.05) is 26.2 Å². The summed E-state index contributed by atoms with van der Waals surface area (Å²) in [4.78, 5) is 0.303. The minimum atomic E-state index is -3.57. The van der Waals surface area contributed by atoms with E-state index >= 15 is 0 Å². The SMILES string of the molecule is Cc1ccccc1S(=O)(=O)N1CCN(S(=O)(=O)C2CCCC2)CC1. The van der Waals surface area contributed by atoms with E-state index in [1.54, 1.807) is 31.2 Å². The first kappa shape index (κ1) is 17.8. The van der Waals surface area contributed by atoms with Gasteiger partial charge in [0.25, 0.3) is 0 Å². The number of nitrogens with zero attached hydrogens (tertiary/aromatic N) is 2. The molecule has 1 aliphatic heterocycles. The van der Waals surface area contributed by atoms with Gasteiger partial charge in [-0.1, -0.05) is 31.0 Å². The largest absolute Gasteiger partial charge is 0.243 e. The average molecular weight is 373 g/mol. The summed E-state index contributed by atoms with van der Waals surface area (Å²) in [5.74, 6) is 0. The van der Waals surface area contributed by atoms with Crippen LogP contribution in [-0.2, 0) is 20.0 Å².